The summed E-state index contributed by atoms with van der Waals surface area (Å²) in [6.07, 6.45) is 8.77. The van der Waals surface area contributed by atoms with E-state index in [1.165, 1.54) is 0 Å². The number of hydrogen-bond donors (Lipinski definition) is 1. The van der Waals surface area contributed by atoms with Crippen LogP contribution < -0.4 is 5.32 Å². The van der Waals surface area contributed by atoms with Crippen LogP contribution in [0.25, 0.3) is 0 Å². The zero-order valence-electron chi connectivity index (χ0n) is 14.9. The molecule has 7 nitrogen and oxygen atoms in total. The minimum Gasteiger partial charge on any atom is -0.378 e. The molecule has 0 bridgehead atoms. The van der Waals surface area contributed by atoms with Crippen molar-refractivity contribution in [1.29, 1.82) is 0 Å². The Kier molecular flexibility index (Phi) is 6.07. The summed E-state index contributed by atoms with van der Waals surface area (Å²) >= 11 is 0. The summed E-state index contributed by atoms with van der Waals surface area (Å²) in [6.45, 7) is 4.94. The van der Waals surface area contributed by atoms with E-state index in [0.29, 0.717) is 19.5 Å². The average Bonchev–Trinajstić information content (AvgIpc) is 3.31. The molecule has 1 aromatic heterocycles. The van der Waals surface area contributed by atoms with Gasteiger partial charge in [-0.1, -0.05) is 0 Å². The molecule has 0 aromatic carbocycles. The molecule has 1 N–H and O–H groups in total. The largest absolute Gasteiger partial charge is 0.378 e. The molecule has 3 rings (SSSR count). The van der Waals surface area contributed by atoms with Crippen molar-refractivity contribution < 1.29 is 14.3 Å². The number of nitrogens with one attached hydrogen (secondary N) is 1. The molecule has 7 heteroatoms. The maximum Gasteiger partial charge on any atom is 0.227 e. The third kappa shape index (κ3) is 4.81. The van der Waals surface area contributed by atoms with Gasteiger partial charge in [0.25, 0.3) is 0 Å². The highest BCUT2D eigenvalue weighted by atomic mass is 16.5. The number of rotatable bonds is 6. The molecule has 2 aliphatic heterocycles. The molecule has 0 aliphatic carbocycles. The van der Waals surface area contributed by atoms with Gasteiger partial charge in [0.15, 0.2) is 0 Å². The first-order valence-corrected chi connectivity index (χ1v) is 9.38. The number of ether oxygens (including phenoxy) is 1. The number of aryl methyl sites for hydroxylation is 1. The molecular formula is C18H28N4O3. The van der Waals surface area contributed by atoms with Crippen molar-refractivity contribution in [2.24, 2.45) is 5.92 Å². The van der Waals surface area contributed by atoms with Crippen molar-refractivity contribution in [2.45, 2.75) is 58.1 Å². The molecule has 2 fully saturated rings. The Hall–Kier alpha value is -1.89. The van der Waals surface area contributed by atoms with E-state index in [0.717, 1.165) is 50.9 Å². The Labute approximate surface area is 148 Å². The third-order valence-corrected chi connectivity index (χ3v) is 5.15. The fourth-order valence-corrected chi connectivity index (χ4v) is 3.55. The van der Waals surface area contributed by atoms with Crippen LogP contribution in [-0.2, 0) is 20.9 Å². The highest BCUT2D eigenvalue weighted by Gasteiger charge is 2.28. The van der Waals surface area contributed by atoms with Crippen LogP contribution in [0, 0.1) is 5.92 Å². The summed E-state index contributed by atoms with van der Waals surface area (Å²) in [6, 6.07) is 0. The summed E-state index contributed by atoms with van der Waals surface area (Å²) < 4.78 is 7.36. The van der Waals surface area contributed by atoms with E-state index in [2.05, 4.69) is 10.4 Å². The van der Waals surface area contributed by atoms with Crippen LogP contribution in [0.1, 0.15) is 45.4 Å². The minimum atomic E-state index is -0.0350. The van der Waals surface area contributed by atoms with Crippen molar-refractivity contribution in [3.63, 3.8) is 0 Å². The van der Waals surface area contributed by atoms with Gasteiger partial charge in [-0.15, -0.1) is 0 Å². The van der Waals surface area contributed by atoms with E-state index in [1.54, 1.807) is 10.9 Å². The zero-order valence-corrected chi connectivity index (χ0v) is 14.9. The van der Waals surface area contributed by atoms with Crippen LogP contribution >= 0.6 is 0 Å². The Morgan fingerprint density at radius 1 is 1.32 bits per heavy atom. The molecule has 3 heterocycles. The minimum absolute atomic E-state index is 0.0297. The van der Waals surface area contributed by atoms with Crippen LogP contribution in [0.5, 0.6) is 0 Å². The summed E-state index contributed by atoms with van der Waals surface area (Å²) in [7, 11) is 0. The normalized spacial score (nSPS) is 21.5. The molecule has 1 aromatic rings. The van der Waals surface area contributed by atoms with Gasteiger partial charge in [-0.25, -0.2) is 0 Å². The van der Waals surface area contributed by atoms with Crippen molar-refractivity contribution in [3.05, 3.63) is 12.4 Å². The molecule has 0 spiro atoms. The lowest BCUT2D eigenvalue weighted by molar-refractivity contribution is -0.135. The van der Waals surface area contributed by atoms with Crippen LogP contribution in [-0.4, -0.2) is 52.3 Å². The highest BCUT2D eigenvalue weighted by molar-refractivity contribution is 5.92. The maximum atomic E-state index is 12.4. The van der Waals surface area contributed by atoms with E-state index < -0.39 is 0 Å². The second kappa shape index (κ2) is 8.47. The van der Waals surface area contributed by atoms with Gasteiger partial charge < -0.3 is 15.0 Å². The number of aromatic nitrogens is 2. The number of nitrogens with zero attached hydrogens (tertiary/aromatic N) is 3. The first-order valence-electron chi connectivity index (χ1n) is 9.38. The van der Waals surface area contributed by atoms with Gasteiger partial charge in [-0.05, 0) is 39.0 Å². The van der Waals surface area contributed by atoms with E-state index >= 15 is 0 Å². The van der Waals surface area contributed by atoms with E-state index in [-0.39, 0.29) is 23.8 Å². The van der Waals surface area contributed by atoms with E-state index in [4.69, 9.17) is 4.74 Å². The number of piperidine rings is 1. The summed E-state index contributed by atoms with van der Waals surface area (Å²) in [5.41, 5.74) is 0.738. The van der Waals surface area contributed by atoms with Crippen LogP contribution in [0.4, 0.5) is 5.69 Å². The molecule has 0 radical (unpaired) electrons. The number of carbonyl (C=O) groups is 2. The molecule has 138 valence electrons. The number of carbonyl (C=O) groups excluding carboxylic acids is 2. The molecule has 0 saturated carbocycles. The van der Waals surface area contributed by atoms with Crippen LogP contribution in [0.3, 0.4) is 0 Å². The number of likely N-dealkylation sites (tertiary alicyclic amines) is 1. The van der Waals surface area contributed by atoms with Crippen molar-refractivity contribution >= 4 is 17.5 Å². The number of amides is 2. The first kappa shape index (κ1) is 17.9. The summed E-state index contributed by atoms with van der Waals surface area (Å²) in [5.74, 6) is 0.188. The lowest BCUT2D eigenvalue weighted by atomic mass is 9.95. The second-order valence-electron chi connectivity index (χ2n) is 6.90. The monoisotopic (exact) mass is 348 g/mol. The van der Waals surface area contributed by atoms with Gasteiger partial charge in [0.2, 0.25) is 11.8 Å². The predicted octanol–water partition coefficient (Wildman–Crippen LogP) is 2.04. The van der Waals surface area contributed by atoms with Crippen LogP contribution in [0.2, 0.25) is 0 Å². The Balaban J connectivity index is 1.39. The third-order valence-electron chi connectivity index (χ3n) is 5.15. The van der Waals surface area contributed by atoms with Crippen molar-refractivity contribution in [2.75, 3.05) is 25.0 Å². The van der Waals surface area contributed by atoms with Gasteiger partial charge in [0.1, 0.15) is 0 Å². The zero-order chi connectivity index (χ0) is 17.6. The van der Waals surface area contributed by atoms with Gasteiger partial charge in [-0.2, -0.15) is 5.10 Å². The molecule has 2 aliphatic rings. The molecular weight excluding hydrogens is 320 g/mol. The fraction of sp³-hybridized carbons (Fsp3) is 0.722. The fourth-order valence-electron chi connectivity index (χ4n) is 3.55. The topological polar surface area (TPSA) is 76.5 Å². The average molecular weight is 348 g/mol. The molecule has 25 heavy (non-hydrogen) atoms. The molecule has 1 atom stereocenters. The predicted molar refractivity (Wildman–Crippen MR) is 94.0 cm³/mol. The molecule has 2 amide bonds. The van der Waals surface area contributed by atoms with E-state index in [1.807, 2.05) is 18.0 Å². The van der Waals surface area contributed by atoms with Crippen LogP contribution in [0.15, 0.2) is 12.4 Å². The Morgan fingerprint density at radius 3 is 2.76 bits per heavy atom. The quantitative estimate of drug-likeness (QED) is 0.853. The lowest BCUT2D eigenvalue weighted by Gasteiger charge is -2.31. The summed E-state index contributed by atoms with van der Waals surface area (Å²) in [5, 5.41) is 7.09. The number of hydrogen-bond acceptors (Lipinski definition) is 4. The highest BCUT2D eigenvalue weighted by Crippen LogP contribution is 2.22. The molecule has 2 saturated heterocycles. The van der Waals surface area contributed by atoms with E-state index in [9.17, 15) is 9.59 Å². The van der Waals surface area contributed by atoms with Gasteiger partial charge >= 0.3 is 0 Å². The SMILES string of the molecule is CCn1cc(NC(=O)C2CCN(C(=O)CCC3CCCO3)CC2)cn1. The first-order chi connectivity index (χ1) is 12.2. The standard InChI is InChI=1S/C18H28N4O3/c1-2-22-13-15(12-19-22)20-18(24)14-7-9-21(10-8-14)17(23)6-5-16-4-3-11-25-16/h12-14,16H,2-11H2,1H3,(H,20,24). The molecule has 1 unspecified atom stereocenters. The smallest absolute Gasteiger partial charge is 0.227 e. The second-order valence-corrected chi connectivity index (χ2v) is 6.90. The van der Waals surface area contributed by atoms with Gasteiger partial charge in [-0.3, -0.25) is 14.3 Å². The maximum absolute atomic E-state index is 12.4. The summed E-state index contributed by atoms with van der Waals surface area (Å²) in [4.78, 5) is 26.6. The van der Waals surface area contributed by atoms with Gasteiger partial charge in [0.05, 0.1) is 18.0 Å². The van der Waals surface area contributed by atoms with Crippen molar-refractivity contribution in [1.82, 2.24) is 14.7 Å². The Bertz CT molecular complexity index is 587. The van der Waals surface area contributed by atoms with Crippen molar-refractivity contribution in [3.8, 4) is 0 Å². The lowest BCUT2D eigenvalue weighted by Crippen LogP contribution is -2.41. The number of anilines is 1. The Morgan fingerprint density at radius 2 is 2.12 bits per heavy atom. The van der Waals surface area contributed by atoms with Gasteiger partial charge in [0, 0.05) is 44.8 Å².